The molecule has 35 heavy (non-hydrogen) atoms. The number of rotatable bonds is 5. The van der Waals surface area contributed by atoms with E-state index in [0.29, 0.717) is 27.0 Å². The number of thiocarbonyl (C=S) groups is 1. The van der Waals surface area contributed by atoms with Gasteiger partial charge < -0.3 is 9.67 Å². The molecule has 4 aromatic rings. The van der Waals surface area contributed by atoms with Gasteiger partial charge in [-0.1, -0.05) is 66.4 Å². The number of carbonyl (C=O) groups is 2. The third-order valence-electron chi connectivity index (χ3n) is 5.99. The molecule has 0 aliphatic carbocycles. The SMILES string of the molecule is Cc1c(C=C2SC(=S)N(c3cccc(C(=O)O)c3)C2=O)c2ccccc2n1Cc1ccccc1F. The molecule has 1 aliphatic heterocycles. The predicted molar refractivity (Wildman–Crippen MR) is 141 cm³/mol. The number of halogens is 1. The van der Waals surface area contributed by atoms with E-state index in [1.807, 2.05) is 47.9 Å². The molecule has 0 atom stereocenters. The van der Waals surface area contributed by atoms with Gasteiger partial charge in [0.25, 0.3) is 5.91 Å². The molecule has 0 spiro atoms. The highest BCUT2D eigenvalue weighted by molar-refractivity contribution is 8.27. The van der Waals surface area contributed by atoms with E-state index in [4.69, 9.17) is 12.2 Å². The highest BCUT2D eigenvalue weighted by Gasteiger charge is 2.34. The third-order valence-corrected chi connectivity index (χ3v) is 7.29. The zero-order valence-corrected chi connectivity index (χ0v) is 20.2. The Morgan fingerprint density at radius 2 is 1.83 bits per heavy atom. The van der Waals surface area contributed by atoms with Crippen molar-refractivity contribution < 1.29 is 19.1 Å². The molecule has 0 saturated carbocycles. The van der Waals surface area contributed by atoms with Gasteiger partial charge in [-0.05, 0) is 43.3 Å². The standard InChI is InChI=1S/C27H19FN2O3S2/c1-16-21(20-10-3-5-12-23(20)29(16)15-18-7-2-4-11-22(18)28)14-24-25(31)30(27(34)35-24)19-9-6-8-17(13-19)26(32)33/h2-14H,15H2,1H3,(H,32,33). The average molecular weight is 503 g/mol. The first kappa shape index (κ1) is 23.0. The van der Waals surface area contributed by atoms with Crippen molar-refractivity contribution >= 4 is 62.8 Å². The number of benzene rings is 3. The lowest BCUT2D eigenvalue weighted by Gasteiger charge is -2.14. The molecule has 2 heterocycles. The van der Waals surface area contributed by atoms with Gasteiger partial charge in [-0.25, -0.2) is 9.18 Å². The molecular weight excluding hydrogens is 483 g/mol. The average Bonchev–Trinajstić information content (AvgIpc) is 3.28. The van der Waals surface area contributed by atoms with Crippen LogP contribution in [0.15, 0.2) is 77.7 Å². The van der Waals surface area contributed by atoms with Gasteiger partial charge in [0, 0.05) is 27.7 Å². The summed E-state index contributed by atoms with van der Waals surface area (Å²) in [7, 11) is 0. The van der Waals surface area contributed by atoms with Crippen LogP contribution in [0.3, 0.4) is 0 Å². The molecule has 174 valence electrons. The molecule has 1 saturated heterocycles. The Hall–Kier alpha value is -3.75. The van der Waals surface area contributed by atoms with Crippen molar-refractivity contribution in [1.29, 1.82) is 0 Å². The summed E-state index contributed by atoms with van der Waals surface area (Å²) in [5.74, 6) is -1.66. The van der Waals surface area contributed by atoms with Crippen LogP contribution in [0.5, 0.6) is 0 Å². The van der Waals surface area contributed by atoms with Crippen molar-refractivity contribution in [3.63, 3.8) is 0 Å². The number of nitrogens with zero attached hydrogens (tertiary/aromatic N) is 2. The van der Waals surface area contributed by atoms with E-state index >= 15 is 0 Å². The minimum absolute atomic E-state index is 0.0765. The second-order valence-corrected chi connectivity index (χ2v) is 9.74. The highest BCUT2D eigenvalue weighted by atomic mass is 32.2. The van der Waals surface area contributed by atoms with Crippen LogP contribution in [0.2, 0.25) is 0 Å². The molecule has 1 aromatic heterocycles. The minimum Gasteiger partial charge on any atom is -0.478 e. The van der Waals surface area contributed by atoms with Crippen molar-refractivity contribution in [3.8, 4) is 0 Å². The van der Waals surface area contributed by atoms with Crippen molar-refractivity contribution in [1.82, 2.24) is 4.57 Å². The lowest BCUT2D eigenvalue weighted by molar-refractivity contribution is -0.113. The second-order valence-electron chi connectivity index (χ2n) is 8.07. The zero-order valence-electron chi connectivity index (χ0n) is 18.6. The van der Waals surface area contributed by atoms with Crippen LogP contribution < -0.4 is 4.90 Å². The van der Waals surface area contributed by atoms with Crippen LogP contribution in [-0.2, 0) is 11.3 Å². The van der Waals surface area contributed by atoms with Gasteiger partial charge in [0.2, 0.25) is 0 Å². The quantitative estimate of drug-likeness (QED) is 0.259. The maximum Gasteiger partial charge on any atom is 0.335 e. The van der Waals surface area contributed by atoms with E-state index in [2.05, 4.69) is 0 Å². The van der Waals surface area contributed by atoms with Crippen LogP contribution in [0, 0.1) is 12.7 Å². The number of aromatic carboxylic acids is 1. The van der Waals surface area contributed by atoms with E-state index in [0.717, 1.165) is 22.2 Å². The molecule has 1 N–H and O–H groups in total. The van der Waals surface area contributed by atoms with Crippen LogP contribution in [0.4, 0.5) is 10.1 Å². The normalized spacial score (nSPS) is 14.9. The zero-order chi connectivity index (χ0) is 24.7. The molecule has 1 amide bonds. The van der Waals surface area contributed by atoms with Gasteiger partial charge >= 0.3 is 5.97 Å². The first-order valence-corrected chi connectivity index (χ1v) is 12.0. The highest BCUT2D eigenvalue weighted by Crippen LogP contribution is 2.38. The first-order valence-electron chi connectivity index (χ1n) is 10.8. The smallest absolute Gasteiger partial charge is 0.335 e. The van der Waals surface area contributed by atoms with E-state index in [1.165, 1.54) is 34.9 Å². The fourth-order valence-electron chi connectivity index (χ4n) is 4.24. The van der Waals surface area contributed by atoms with E-state index in [-0.39, 0.29) is 17.3 Å². The molecule has 0 radical (unpaired) electrons. The molecule has 1 fully saturated rings. The van der Waals surface area contributed by atoms with Crippen molar-refractivity contribution in [3.05, 3.63) is 106 Å². The molecule has 0 unspecified atom stereocenters. The van der Waals surface area contributed by atoms with Crippen LogP contribution in [0.1, 0.15) is 27.2 Å². The Labute approximate surface area is 210 Å². The summed E-state index contributed by atoms with van der Waals surface area (Å²) in [6, 6.07) is 20.6. The van der Waals surface area contributed by atoms with Gasteiger partial charge in [0.1, 0.15) is 5.82 Å². The number of para-hydroxylation sites is 1. The fraction of sp³-hybridized carbons (Fsp3) is 0.0741. The number of thioether (sulfide) groups is 1. The van der Waals surface area contributed by atoms with Gasteiger partial charge in [0.15, 0.2) is 4.32 Å². The molecule has 1 aliphatic rings. The summed E-state index contributed by atoms with van der Waals surface area (Å²) in [5.41, 5.74) is 3.75. The van der Waals surface area contributed by atoms with Gasteiger partial charge in [0.05, 0.1) is 22.7 Å². The third kappa shape index (κ3) is 4.15. The predicted octanol–water partition coefficient (Wildman–Crippen LogP) is 6.24. The van der Waals surface area contributed by atoms with Gasteiger partial charge in [-0.15, -0.1) is 0 Å². The molecular formula is C27H19FN2O3S2. The fourth-order valence-corrected chi connectivity index (χ4v) is 5.52. The number of hydrogen-bond acceptors (Lipinski definition) is 4. The van der Waals surface area contributed by atoms with Crippen LogP contribution in [-0.4, -0.2) is 25.9 Å². The summed E-state index contributed by atoms with van der Waals surface area (Å²) in [5, 5.41) is 10.3. The number of hydrogen-bond donors (Lipinski definition) is 1. The van der Waals surface area contributed by atoms with Crippen LogP contribution >= 0.6 is 24.0 Å². The summed E-state index contributed by atoms with van der Waals surface area (Å²) in [4.78, 5) is 26.5. The number of amides is 1. The summed E-state index contributed by atoms with van der Waals surface area (Å²) in [6.07, 6.45) is 1.82. The van der Waals surface area contributed by atoms with Crippen molar-refractivity contribution in [2.24, 2.45) is 0 Å². The molecule has 5 nitrogen and oxygen atoms in total. The van der Waals surface area contributed by atoms with E-state index in [1.54, 1.807) is 24.3 Å². The number of anilines is 1. The molecule has 0 bridgehead atoms. The Morgan fingerprint density at radius 3 is 2.60 bits per heavy atom. The molecule has 8 heteroatoms. The largest absolute Gasteiger partial charge is 0.478 e. The van der Waals surface area contributed by atoms with Crippen LogP contribution in [0.25, 0.3) is 17.0 Å². The number of carbonyl (C=O) groups excluding carboxylic acids is 1. The maximum atomic E-state index is 14.4. The minimum atomic E-state index is -1.08. The Balaban J connectivity index is 1.57. The second kappa shape index (κ2) is 9.13. The Bertz CT molecular complexity index is 1560. The summed E-state index contributed by atoms with van der Waals surface area (Å²) < 4.78 is 16.8. The van der Waals surface area contributed by atoms with Crippen molar-refractivity contribution in [2.75, 3.05) is 4.90 Å². The molecule has 5 rings (SSSR count). The number of carboxylic acids is 1. The monoisotopic (exact) mass is 502 g/mol. The number of aromatic nitrogens is 1. The van der Waals surface area contributed by atoms with Gasteiger partial charge in [-0.2, -0.15) is 0 Å². The lowest BCUT2D eigenvalue weighted by atomic mass is 10.1. The Kier molecular flexibility index (Phi) is 6.00. The maximum absolute atomic E-state index is 14.4. The lowest BCUT2D eigenvalue weighted by Crippen LogP contribution is -2.27. The topological polar surface area (TPSA) is 62.5 Å². The molecule has 3 aromatic carbocycles. The number of carboxylic acid groups (broad SMARTS) is 1. The van der Waals surface area contributed by atoms with E-state index in [9.17, 15) is 19.1 Å². The summed E-state index contributed by atoms with van der Waals surface area (Å²) in [6.45, 7) is 2.31. The van der Waals surface area contributed by atoms with Crippen molar-refractivity contribution in [2.45, 2.75) is 13.5 Å². The Morgan fingerprint density at radius 1 is 1.09 bits per heavy atom. The van der Waals surface area contributed by atoms with E-state index < -0.39 is 5.97 Å². The summed E-state index contributed by atoms with van der Waals surface area (Å²) >= 11 is 6.64. The number of fused-ring (bicyclic) bond motifs is 1. The first-order chi connectivity index (χ1) is 16.8. The van der Waals surface area contributed by atoms with Gasteiger partial charge in [-0.3, -0.25) is 9.69 Å².